The van der Waals surface area contributed by atoms with E-state index in [9.17, 15) is 0 Å². The average molecular weight is 647 g/mol. The molecule has 2 aliphatic rings. The molecule has 9 aromatic rings. The van der Waals surface area contributed by atoms with Crippen molar-refractivity contribution in [3.05, 3.63) is 204 Å². The van der Waals surface area contributed by atoms with E-state index in [1.165, 1.54) is 71.6 Å². The minimum absolute atomic E-state index is 0.420. The van der Waals surface area contributed by atoms with Gasteiger partial charge in [0.25, 0.3) is 0 Å². The molecular formula is C49H30N2. The molecule has 0 N–H and O–H groups in total. The Hall–Kier alpha value is -6.64. The molecule has 0 bridgehead atoms. The van der Waals surface area contributed by atoms with Crippen molar-refractivity contribution in [1.29, 1.82) is 0 Å². The zero-order valence-corrected chi connectivity index (χ0v) is 27.7. The molecule has 11 rings (SSSR count). The number of rotatable bonds is 3. The van der Waals surface area contributed by atoms with Crippen LogP contribution in [-0.2, 0) is 5.41 Å². The molecule has 0 atom stereocenters. The van der Waals surface area contributed by atoms with E-state index in [1.54, 1.807) is 0 Å². The summed E-state index contributed by atoms with van der Waals surface area (Å²) in [6.45, 7) is 0. The van der Waals surface area contributed by atoms with Gasteiger partial charge in [-0.1, -0.05) is 133 Å². The van der Waals surface area contributed by atoms with Gasteiger partial charge in [-0.15, -0.1) is 0 Å². The second-order valence-corrected chi connectivity index (χ2v) is 13.7. The lowest BCUT2D eigenvalue weighted by atomic mass is 9.69. The van der Waals surface area contributed by atoms with Gasteiger partial charge in [0.2, 0.25) is 0 Å². The Bertz CT molecular complexity index is 2820. The molecule has 0 fully saturated rings. The first kappa shape index (κ1) is 28.2. The van der Waals surface area contributed by atoms with Crippen LogP contribution in [0.3, 0.4) is 0 Å². The third-order valence-corrected chi connectivity index (χ3v) is 11.1. The van der Waals surface area contributed by atoms with Gasteiger partial charge in [-0.3, -0.25) is 4.98 Å². The van der Waals surface area contributed by atoms with E-state index in [1.807, 2.05) is 30.5 Å². The summed E-state index contributed by atoms with van der Waals surface area (Å²) in [7, 11) is 0. The average Bonchev–Trinajstić information content (AvgIpc) is 3.67. The van der Waals surface area contributed by atoms with Crippen LogP contribution < -0.4 is 0 Å². The number of nitrogens with zero attached hydrogens (tertiary/aromatic N) is 2. The van der Waals surface area contributed by atoms with Crippen molar-refractivity contribution < 1.29 is 0 Å². The van der Waals surface area contributed by atoms with Gasteiger partial charge in [-0.05, 0) is 120 Å². The lowest BCUT2D eigenvalue weighted by molar-refractivity contribution is 0.802. The Morgan fingerprint density at radius 1 is 0.353 bits per heavy atom. The monoisotopic (exact) mass is 646 g/mol. The normalized spacial score (nSPS) is 13.3. The zero-order chi connectivity index (χ0) is 33.5. The summed E-state index contributed by atoms with van der Waals surface area (Å²) < 4.78 is 0. The van der Waals surface area contributed by atoms with Crippen molar-refractivity contribution in [2.24, 2.45) is 0 Å². The lowest BCUT2D eigenvalue weighted by Gasteiger charge is -2.31. The van der Waals surface area contributed by atoms with Crippen LogP contribution in [0, 0.1) is 0 Å². The summed E-state index contributed by atoms with van der Waals surface area (Å²) in [5, 5.41) is 5.06. The molecule has 2 heteroatoms. The van der Waals surface area contributed by atoms with Crippen LogP contribution in [0.5, 0.6) is 0 Å². The first-order valence-corrected chi connectivity index (χ1v) is 17.6. The van der Waals surface area contributed by atoms with E-state index in [2.05, 4.69) is 157 Å². The van der Waals surface area contributed by atoms with Gasteiger partial charge in [-0.2, -0.15) is 0 Å². The number of hydrogen-bond acceptors (Lipinski definition) is 2. The highest BCUT2D eigenvalue weighted by molar-refractivity contribution is 6.07. The maximum atomic E-state index is 5.08. The number of hydrogen-bond donors (Lipinski definition) is 0. The summed E-state index contributed by atoms with van der Waals surface area (Å²) in [6, 6.07) is 64.3. The molecule has 2 heterocycles. The first-order valence-electron chi connectivity index (χ1n) is 17.6. The van der Waals surface area contributed by atoms with Crippen molar-refractivity contribution in [3.8, 4) is 56.0 Å². The third-order valence-electron chi connectivity index (χ3n) is 11.1. The second kappa shape index (κ2) is 10.7. The van der Waals surface area contributed by atoms with Gasteiger partial charge in [-0.25, -0.2) is 4.98 Å². The molecule has 51 heavy (non-hydrogen) atoms. The molecule has 2 nitrogen and oxygen atoms in total. The molecule has 0 unspecified atom stereocenters. The number of fused-ring (bicyclic) bond motifs is 13. The summed E-state index contributed by atoms with van der Waals surface area (Å²) in [5.41, 5.74) is 16.4. The van der Waals surface area contributed by atoms with Gasteiger partial charge in [0.05, 0.1) is 22.5 Å². The van der Waals surface area contributed by atoms with Crippen molar-refractivity contribution in [2.45, 2.75) is 5.41 Å². The van der Waals surface area contributed by atoms with E-state index in [4.69, 9.17) is 4.98 Å². The lowest BCUT2D eigenvalue weighted by Crippen LogP contribution is -2.26. The SMILES string of the molecule is c1ccc(-c2cccc(-c3ccccc3-c3ccc4c5c(ccc4c3)-c3cc4ccccc4cc3C53c4ccccc4-c4ccccc43)n2)nc1. The van der Waals surface area contributed by atoms with Gasteiger partial charge < -0.3 is 0 Å². The van der Waals surface area contributed by atoms with Gasteiger partial charge in [0, 0.05) is 11.8 Å². The minimum Gasteiger partial charge on any atom is -0.255 e. The van der Waals surface area contributed by atoms with Crippen molar-refractivity contribution in [1.82, 2.24) is 9.97 Å². The Morgan fingerprint density at radius 2 is 1.00 bits per heavy atom. The molecule has 0 saturated carbocycles. The molecular weight excluding hydrogens is 617 g/mol. The Kier molecular flexibility index (Phi) is 5.91. The Balaban J connectivity index is 1.15. The van der Waals surface area contributed by atoms with Crippen molar-refractivity contribution in [2.75, 3.05) is 0 Å². The second-order valence-electron chi connectivity index (χ2n) is 13.7. The highest BCUT2D eigenvalue weighted by atomic mass is 14.8. The third kappa shape index (κ3) is 3.93. The molecule has 0 saturated heterocycles. The molecule has 7 aromatic carbocycles. The summed E-state index contributed by atoms with van der Waals surface area (Å²) in [6.07, 6.45) is 1.82. The number of aromatic nitrogens is 2. The molecule has 0 radical (unpaired) electrons. The Labute approximate surface area is 296 Å². The van der Waals surface area contributed by atoms with E-state index >= 15 is 0 Å². The molecule has 2 aromatic heterocycles. The van der Waals surface area contributed by atoms with E-state index in [0.717, 1.165) is 28.2 Å². The fourth-order valence-electron chi connectivity index (χ4n) is 9.03. The molecule has 236 valence electrons. The summed E-state index contributed by atoms with van der Waals surface area (Å²) >= 11 is 0. The van der Waals surface area contributed by atoms with Crippen LogP contribution in [0.25, 0.3) is 77.6 Å². The zero-order valence-electron chi connectivity index (χ0n) is 27.7. The largest absolute Gasteiger partial charge is 0.255 e. The maximum Gasteiger partial charge on any atom is 0.0893 e. The molecule has 0 aliphatic heterocycles. The van der Waals surface area contributed by atoms with Crippen LogP contribution in [0.1, 0.15) is 22.3 Å². The smallest absolute Gasteiger partial charge is 0.0893 e. The number of pyridine rings is 2. The standard InChI is InChI=1S/C49H30N2/c1-2-13-32-30-44-41(29-31(32)12-1)40-26-24-34-28-33(35-14-3-4-17-39(35)45-21-11-22-47(51-45)46-20-9-10-27-50-46)23-25-36(34)48(40)49(44)42-18-7-5-15-37(42)38-16-6-8-19-43(38)49/h1-30H. The van der Waals surface area contributed by atoms with Crippen molar-refractivity contribution in [3.63, 3.8) is 0 Å². The first-order chi connectivity index (χ1) is 25.3. The van der Waals surface area contributed by atoms with Crippen molar-refractivity contribution >= 4 is 21.5 Å². The summed E-state index contributed by atoms with van der Waals surface area (Å²) in [4.78, 5) is 9.64. The maximum absolute atomic E-state index is 5.08. The predicted molar refractivity (Wildman–Crippen MR) is 210 cm³/mol. The summed E-state index contributed by atoms with van der Waals surface area (Å²) in [5.74, 6) is 0. The van der Waals surface area contributed by atoms with E-state index in [0.29, 0.717) is 0 Å². The highest BCUT2D eigenvalue weighted by Gasteiger charge is 2.52. The highest BCUT2D eigenvalue weighted by Crippen LogP contribution is 2.64. The van der Waals surface area contributed by atoms with Gasteiger partial charge >= 0.3 is 0 Å². The van der Waals surface area contributed by atoms with E-state index < -0.39 is 5.41 Å². The Morgan fingerprint density at radius 3 is 1.76 bits per heavy atom. The van der Waals surface area contributed by atoms with Crippen LogP contribution in [0.15, 0.2) is 182 Å². The topological polar surface area (TPSA) is 25.8 Å². The molecule has 0 amide bonds. The number of benzene rings is 7. The van der Waals surface area contributed by atoms with Gasteiger partial charge in [0.1, 0.15) is 0 Å². The van der Waals surface area contributed by atoms with Crippen LogP contribution in [0.2, 0.25) is 0 Å². The van der Waals surface area contributed by atoms with Crippen LogP contribution >= 0.6 is 0 Å². The molecule has 1 spiro atoms. The predicted octanol–water partition coefficient (Wildman–Crippen LogP) is 12.1. The fourth-order valence-corrected chi connectivity index (χ4v) is 9.03. The fraction of sp³-hybridized carbons (Fsp3) is 0.0204. The van der Waals surface area contributed by atoms with Gasteiger partial charge in [0.15, 0.2) is 0 Å². The van der Waals surface area contributed by atoms with Crippen LogP contribution in [0.4, 0.5) is 0 Å². The quantitative estimate of drug-likeness (QED) is 0.191. The molecule has 2 aliphatic carbocycles. The van der Waals surface area contributed by atoms with Crippen LogP contribution in [-0.4, -0.2) is 9.97 Å². The minimum atomic E-state index is -0.420. The van der Waals surface area contributed by atoms with E-state index in [-0.39, 0.29) is 0 Å².